The number of fused-ring (bicyclic) bond motifs is 1. The molecular weight excluding hydrogens is 246 g/mol. The van der Waals surface area contributed by atoms with Crippen molar-refractivity contribution in [3.05, 3.63) is 54.6 Å². The van der Waals surface area contributed by atoms with Gasteiger partial charge in [0.1, 0.15) is 11.9 Å². The number of alkyl halides is 1. The van der Waals surface area contributed by atoms with E-state index in [0.717, 1.165) is 18.0 Å². The molecule has 1 aliphatic heterocycles. The van der Waals surface area contributed by atoms with E-state index in [1.54, 1.807) is 0 Å². The van der Waals surface area contributed by atoms with Gasteiger partial charge >= 0.3 is 0 Å². The van der Waals surface area contributed by atoms with E-state index in [0.29, 0.717) is 5.88 Å². The fraction of sp³-hybridized carbons (Fsp3) is 0.200. The molecule has 1 unspecified atom stereocenters. The first-order chi connectivity index (χ1) is 8.88. The van der Waals surface area contributed by atoms with Crippen LogP contribution >= 0.6 is 11.6 Å². The standard InChI is InChI=1S/C15H14ClNO/c16-10-13-11-17(12-6-2-1-3-7-12)14-8-4-5-9-15(14)18-13/h1-9,13H,10-11H2. The predicted octanol–water partition coefficient (Wildman–Crippen LogP) is 3.82. The SMILES string of the molecule is ClCC1CN(c2ccccc2)c2ccccc2O1. The molecule has 0 aliphatic carbocycles. The first kappa shape index (κ1) is 11.4. The average Bonchev–Trinajstić information content (AvgIpc) is 2.47. The molecule has 3 rings (SSSR count). The van der Waals surface area contributed by atoms with Crippen molar-refractivity contribution in [1.82, 2.24) is 0 Å². The maximum absolute atomic E-state index is 5.95. The lowest BCUT2D eigenvalue weighted by Gasteiger charge is -2.35. The molecular formula is C15H14ClNO. The van der Waals surface area contributed by atoms with Crippen LogP contribution < -0.4 is 9.64 Å². The van der Waals surface area contributed by atoms with Crippen molar-refractivity contribution in [3.8, 4) is 5.75 Å². The van der Waals surface area contributed by atoms with Crippen LogP contribution in [0.5, 0.6) is 5.75 Å². The van der Waals surface area contributed by atoms with Crippen LogP contribution in [0, 0.1) is 0 Å². The minimum absolute atomic E-state index is 0.0294. The van der Waals surface area contributed by atoms with Gasteiger partial charge in [0.25, 0.3) is 0 Å². The van der Waals surface area contributed by atoms with E-state index < -0.39 is 0 Å². The predicted molar refractivity (Wildman–Crippen MR) is 75.0 cm³/mol. The van der Waals surface area contributed by atoms with Crippen LogP contribution in [0.2, 0.25) is 0 Å². The first-order valence-corrected chi connectivity index (χ1v) is 6.56. The zero-order valence-electron chi connectivity index (χ0n) is 9.92. The molecule has 0 spiro atoms. The van der Waals surface area contributed by atoms with Crippen molar-refractivity contribution >= 4 is 23.0 Å². The fourth-order valence-corrected chi connectivity index (χ4v) is 2.39. The van der Waals surface area contributed by atoms with Gasteiger partial charge < -0.3 is 9.64 Å². The largest absolute Gasteiger partial charge is 0.485 e. The molecule has 0 fully saturated rings. The molecule has 2 aromatic rings. The molecule has 0 saturated heterocycles. The number of ether oxygens (including phenoxy) is 1. The third-order valence-electron chi connectivity index (χ3n) is 3.08. The second-order valence-corrected chi connectivity index (χ2v) is 4.62. The Bertz CT molecular complexity index is 529. The highest BCUT2D eigenvalue weighted by Gasteiger charge is 2.25. The van der Waals surface area contributed by atoms with Crippen molar-refractivity contribution in [3.63, 3.8) is 0 Å². The van der Waals surface area contributed by atoms with Crippen LogP contribution in [0.15, 0.2) is 54.6 Å². The highest BCUT2D eigenvalue weighted by molar-refractivity contribution is 6.18. The molecule has 1 heterocycles. The normalized spacial score (nSPS) is 18.1. The van der Waals surface area contributed by atoms with Gasteiger partial charge in [-0.3, -0.25) is 0 Å². The average molecular weight is 260 g/mol. The van der Waals surface area contributed by atoms with E-state index in [1.807, 2.05) is 36.4 Å². The van der Waals surface area contributed by atoms with Gasteiger partial charge in [0, 0.05) is 5.69 Å². The Labute approximate surface area is 112 Å². The van der Waals surface area contributed by atoms with Crippen LogP contribution in [0.25, 0.3) is 0 Å². The summed E-state index contributed by atoms with van der Waals surface area (Å²) in [5.74, 6) is 1.40. The molecule has 0 N–H and O–H groups in total. The summed E-state index contributed by atoms with van der Waals surface area (Å²) in [6.45, 7) is 0.782. The minimum atomic E-state index is 0.0294. The smallest absolute Gasteiger partial charge is 0.143 e. The van der Waals surface area contributed by atoms with Crippen LogP contribution in [0.3, 0.4) is 0 Å². The van der Waals surface area contributed by atoms with Crippen molar-refractivity contribution in [1.29, 1.82) is 0 Å². The van der Waals surface area contributed by atoms with Crippen LogP contribution in [-0.2, 0) is 0 Å². The van der Waals surface area contributed by atoms with E-state index in [-0.39, 0.29) is 6.10 Å². The van der Waals surface area contributed by atoms with Gasteiger partial charge in [0.2, 0.25) is 0 Å². The lowest BCUT2D eigenvalue weighted by atomic mass is 10.1. The summed E-state index contributed by atoms with van der Waals surface area (Å²) < 4.78 is 5.86. The summed E-state index contributed by atoms with van der Waals surface area (Å²) in [5.41, 5.74) is 2.27. The highest BCUT2D eigenvalue weighted by atomic mass is 35.5. The van der Waals surface area contributed by atoms with Gasteiger partial charge in [0.05, 0.1) is 18.1 Å². The van der Waals surface area contributed by atoms with Gasteiger partial charge in [-0.2, -0.15) is 0 Å². The minimum Gasteiger partial charge on any atom is -0.485 e. The second kappa shape index (κ2) is 4.91. The summed E-state index contributed by atoms with van der Waals surface area (Å²) in [6, 6.07) is 18.4. The number of rotatable bonds is 2. The summed E-state index contributed by atoms with van der Waals surface area (Å²) in [6.07, 6.45) is 0.0294. The highest BCUT2D eigenvalue weighted by Crippen LogP contribution is 2.37. The third-order valence-corrected chi connectivity index (χ3v) is 3.42. The maximum Gasteiger partial charge on any atom is 0.143 e. The summed E-state index contributed by atoms with van der Waals surface area (Å²) in [5, 5.41) is 0. The Hall–Kier alpha value is -1.67. The Morgan fingerprint density at radius 1 is 1.06 bits per heavy atom. The molecule has 1 atom stereocenters. The number of hydrogen-bond donors (Lipinski definition) is 0. The van der Waals surface area contributed by atoms with E-state index in [4.69, 9.17) is 16.3 Å². The molecule has 92 valence electrons. The first-order valence-electron chi connectivity index (χ1n) is 6.03. The zero-order valence-corrected chi connectivity index (χ0v) is 10.7. The number of para-hydroxylation sites is 3. The Kier molecular flexibility index (Phi) is 3.11. The lowest BCUT2D eigenvalue weighted by molar-refractivity contribution is 0.221. The van der Waals surface area contributed by atoms with E-state index in [9.17, 15) is 0 Å². The molecule has 0 amide bonds. The van der Waals surface area contributed by atoms with E-state index in [1.165, 1.54) is 5.69 Å². The van der Waals surface area contributed by atoms with Gasteiger partial charge in [-0.25, -0.2) is 0 Å². The summed E-state index contributed by atoms with van der Waals surface area (Å²) >= 11 is 5.95. The van der Waals surface area contributed by atoms with Gasteiger partial charge in [0.15, 0.2) is 0 Å². The quantitative estimate of drug-likeness (QED) is 0.760. The lowest BCUT2D eigenvalue weighted by Crippen LogP contribution is -2.38. The van der Waals surface area contributed by atoms with Gasteiger partial charge in [-0.05, 0) is 24.3 Å². The number of halogens is 1. The van der Waals surface area contributed by atoms with Crippen molar-refractivity contribution < 1.29 is 4.74 Å². The zero-order chi connectivity index (χ0) is 12.4. The Morgan fingerprint density at radius 3 is 2.56 bits per heavy atom. The van der Waals surface area contributed by atoms with Gasteiger partial charge in [-0.15, -0.1) is 11.6 Å². The Morgan fingerprint density at radius 2 is 1.78 bits per heavy atom. The van der Waals surface area contributed by atoms with Crippen LogP contribution in [-0.4, -0.2) is 18.5 Å². The van der Waals surface area contributed by atoms with Crippen molar-refractivity contribution in [2.24, 2.45) is 0 Å². The van der Waals surface area contributed by atoms with Crippen molar-refractivity contribution in [2.45, 2.75) is 6.10 Å². The molecule has 0 radical (unpaired) electrons. The topological polar surface area (TPSA) is 12.5 Å². The second-order valence-electron chi connectivity index (χ2n) is 4.31. The number of hydrogen-bond acceptors (Lipinski definition) is 2. The number of benzene rings is 2. The number of anilines is 2. The fourth-order valence-electron chi connectivity index (χ4n) is 2.23. The molecule has 0 saturated carbocycles. The van der Waals surface area contributed by atoms with E-state index in [2.05, 4.69) is 23.1 Å². The summed E-state index contributed by atoms with van der Waals surface area (Å²) in [4.78, 5) is 2.26. The summed E-state index contributed by atoms with van der Waals surface area (Å²) in [7, 11) is 0. The van der Waals surface area contributed by atoms with Crippen molar-refractivity contribution in [2.75, 3.05) is 17.3 Å². The van der Waals surface area contributed by atoms with Crippen LogP contribution in [0.4, 0.5) is 11.4 Å². The molecule has 18 heavy (non-hydrogen) atoms. The number of nitrogens with zero attached hydrogens (tertiary/aromatic N) is 1. The molecule has 0 aromatic heterocycles. The maximum atomic E-state index is 5.95. The molecule has 1 aliphatic rings. The Balaban J connectivity index is 2.04. The monoisotopic (exact) mass is 259 g/mol. The third kappa shape index (κ3) is 2.04. The van der Waals surface area contributed by atoms with Crippen LogP contribution in [0.1, 0.15) is 0 Å². The van der Waals surface area contributed by atoms with Gasteiger partial charge in [-0.1, -0.05) is 30.3 Å². The molecule has 0 bridgehead atoms. The molecule has 2 nitrogen and oxygen atoms in total. The van der Waals surface area contributed by atoms with E-state index >= 15 is 0 Å². The molecule has 2 aromatic carbocycles. The molecule has 3 heteroatoms.